The van der Waals surface area contributed by atoms with Crippen LogP contribution >= 0.6 is 22.6 Å². The Morgan fingerprint density at radius 3 is 2.42 bits per heavy atom. The van der Waals surface area contributed by atoms with Crippen molar-refractivity contribution in [3.8, 4) is 0 Å². The predicted octanol–water partition coefficient (Wildman–Crippen LogP) is 2.45. The highest BCUT2D eigenvalue weighted by molar-refractivity contribution is 14.1. The molecule has 31 heavy (non-hydrogen) atoms. The van der Waals surface area contributed by atoms with Crippen LogP contribution in [-0.4, -0.2) is 41.2 Å². The van der Waals surface area contributed by atoms with Gasteiger partial charge in [-0.3, -0.25) is 14.1 Å². The molecule has 0 spiro atoms. The summed E-state index contributed by atoms with van der Waals surface area (Å²) in [4.78, 5) is 12.5. The summed E-state index contributed by atoms with van der Waals surface area (Å²) in [5, 5.41) is 21.6. The maximum atomic E-state index is 14.4. The van der Waals surface area contributed by atoms with Gasteiger partial charge in [0.25, 0.3) is 5.56 Å². The molecule has 2 aromatic rings. The lowest BCUT2D eigenvalue weighted by molar-refractivity contribution is 0.141. The molecular weight excluding hydrogens is 540 g/mol. The molecule has 4 N–H and O–H groups in total. The van der Waals surface area contributed by atoms with Crippen LogP contribution in [0.1, 0.15) is 24.8 Å². The molecule has 1 aromatic carbocycles. The third kappa shape index (κ3) is 4.89. The molecule has 0 saturated heterocycles. The van der Waals surface area contributed by atoms with E-state index in [4.69, 9.17) is 0 Å². The highest BCUT2D eigenvalue weighted by Crippen LogP contribution is 2.49. The Morgan fingerprint density at radius 2 is 1.87 bits per heavy atom. The van der Waals surface area contributed by atoms with E-state index in [9.17, 15) is 27.8 Å². The van der Waals surface area contributed by atoms with Crippen LogP contribution in [0.5, 0.6) is 0 Å². The maximum Gasteiger partial charge on any atom is 0.254 e. The molecule has 170 valence electrons. The van der Waals surface area contributed by atoms with Crippen molar-refractivity contribution in [3.63, 3.8) is 0 Å². The first kappa shape index (κ1) is 24.0. The Balaban J connectivity index is 2.00. The molecule has 0 radical (unpaired) electrons. The van der Waals surface area contributed by atoms with E-state index in [-0.39, 0.29) is 42.4 Å². The van der Waals surface area contributed by atoms with E-state index >= 15 is 0 Å². The summed E-state index contributed by atoms with van der Waals surface area (Å²) in [6.45, 7) is 0.938. The summed E-state index contributed by atoms with van der Waals surface area (Å²) < 4.78 is 44.2. The van der Waals surface area contributed by atoms with Crippen molar-refractivity contribution in [2.45, 2.75) is 30.9 Å². The Labute approximate surface area is 193 Å². The number of aryl methyl sites for hydroxylation is 1. The van der Waals surface area contributed by atoms with Crippen molar-refractivity contribution < 1.29 is 23.0 Å². The molecule has 8 nitrogen and oxygen atoms in total. The standard InChI is InChI=1S/C20H25FIN3O5S/c1-12-7-17(24-31(29,30)20(5-6-20)9-13(10-26)11-27)18(25(2)19(12)28)23-16-4-3-14(22)8-15(16)21/h3-4,7-8,13,23-24,26-27H,5-6,9-11H2,1-2H3. The number of nitrogens with zero attached hydrogens (tertiary/aromatic N) is 1. The van der Waals surface area contributed by atoms with E-state index in [1.807, 2.05) is 22.6 Å². The first-order chi connectivity index (χ1) is 14.5. The van der Waals surface area contributed by atoms with Crippen molar-refractivity contribution in [3.05, 3.63) is 49.6 Å². The third-order valence-corrected chi connectivity index (χ3v) is 8.45. The number of hydrogen-bond donors (Lipinski definition) is 4. The zero-order valence-corrected chi connectivity index (χ0v) is 20.1. The first-order valence-electron chi connectivity index (χ1n) is 9.70. The third-order valence-electron chi connectivity index (χ3n) is 5.58. The lowest BCUT2D eigenvalue weighted by Crippen LogP contribution is -2.34. The van der Waals surface area contributed by atoms with E-state index in [0.29, 0.717) is 22.0 Å². The van der Waals surface area contributed by atoms with Gasteiger partial charge in [0.2, 0.25) is 10.0 Å². The monoisotopic (exact) mass is 565 g/mol. The normalized spacial score (nSPS) is 15.2. The number of benzene rings is 1. The van der Waals surface area contributed by atoms with Gasteiger partial charge in [0, 0.05) is 35.3 Å². The van der Waals surface area contributed by atoms with Crippen LogP contribution in [-0.2, 0) is 17.1 Å². The molecule has 0 bridgehead atoms. The molecule has 0 aliphatic heterocycles. The number of rotatable bonds is 9. The van der Waals surface area contributed by atoms with Crippen molar-refractivity contribution in [2.24, 2.45) is 13.0 Å². The number of aliphatic hydroxyl groups is 2. The number of sulfonamides is 1. The number of anilines is 3. The van der Waals surface area contributed by atoms with Gasteiger partial charge in [-0.2, -0.15) is 0 Å². The zero-order chi connectivity index (χ0) is 23.0. The second kappa shape index (κ2) is 9.04. The summed E-state index contributed by atoms with van der Waals surface area (Å²) >= 11 is 1.97. The highest BCUT2D eigenvalue weighted by Gasteiger charge is 2.55. The smallest absolute Gasteiger partial charge is 0.254 e. The molecule has 1 aliphatic rings. The van der Waals surface area contributed by atoms with Crippen LogP contribution in [0, 0.1) is 22.2 Å². The average molecular weight is 565 g/mol. The van der Waals surface area contributed by atoms with Crippen LogP contribution in [0.25, 0.3) is 0 Å². The quantitative estimate of drug-likeness (QED) is 0.347. The van der Waals surface area contributed by atoms with Gasteiger partial charge in [0.15, 0.2) is 0 Å². The predicted molar refractivity (Wildman–Crippen MR) is 126 cm³/mol. The maximum absolute atomic E-state index is 14.4. The number of hydrogen-bond acceptors (Lipinski definition) is 6. The van der Waals surface area contributed by atoms with E-state index in [1.54, 1.807) is 13.0 Å². The molecular formula is C20H25FIN3O5S. The second-order valence-corrected chi connectivity index (χ2v) is 11.2. The van der Waals surface area contributed by atoms with Gasteiger partial charge in [-0.05, 0) is 73.0 Å². The Kier molecular flexibility index (Phi) is 6.99. The van der Waals surface area contributed by atoms with Gasteiger partial charge in [-0.25, -0.2) is 12.8 Å². The van der Waals surface area contributed by atoms with Gasteiger partial charge >= 0.3 is 0 Å². The largest absolute Gasteiger partial charge is 0.396 e. The number of halogens is 2. The fourth-order valence-electron chi connectivity index (χ4n) is 3.53. The molecule has 1 heterocycles. The summed E-state index contributed by atoms with van der Waals surface area (Å²) in [7, 11) is -2.44. The van der Waals surface area contributed by atoms with E-state index in [1.165, 1.54) is 29.8 Å². The molecule has 11 heteroatoms. The Morgan fingerprint density at radius 1 is 1.23 bits per heavy atom. The zero-order valence-electron chi connectivity index (χ0n) is 17.2. The molecule has 0 atom stereocenters. The molecule has 1 saturated carbocycles. The topological polar surface area (TPSA) is 121 Å². The van der Waals surface area contributed by atoms with Crippen LogP contribution < -0.4 is 15.6 Å². The van der Waals surface area contributed by atoms with Crippen molar-refractivity contribution in [1.82, 2.24) is 4.57 Å². The number of nitrogens with one attached hydrogen (secondary N) is 2. The van der Waals surface area contributed by atoms with E-state index in [2.05, 4.69) is 10.0 Å². The summed E-state index contributed by atoms with van der Waals surface area (Å²) in [5.74, 6) is -0.975. The minimum absolute atomic E-state index is 0.0986. The molecule has 1 fully saturated rings. The van der Waals surface area contributed by atoms with Gasteiger partial charge in [-0.1, -0.05) is 0 Å². The van der Waals surface area contributed by atoms with E-state index in [0.717, 1.165) is 0 Å². The molecule has 3 rings (SSSR count). The number of pyridine rings is 1. The fraction of sp³-hybridized carbons (Fsp3) is 0.450. The van der Waals surface area contributed by atoms with Crippen LogP contribution in [0.2, 0.25) is 0 Å². The second-order valence-electron chi connectivity index (χ2n) is 7.93. The molecule has 1 aliphatic carbocycles. The molecule has 0 amide bonds. The van der Waals surface area contributed by atoms with Crippen molar-refractivity contribution >= 4 is 49.8 Å². The van der Waals surface area contributed by atoms with Gasteiger partial charge in [0.1, 0.15) is 11.6 Å². The SMILES string of the molecule is Cc1cc(NS(=O)(=O)C2(CC(CO)CO)CC2)c(Nc2ccc(I)cc2F)n(C)c1=O. The van der Waals surface area contributed by atoms with Crippen LogP contribution in [0.15, 0.2) is 29.1 Å². The first-order valence-corrected chi connectivity index (χ1v) is 12.3. The van der Waals surface area contributed by atoms with Crippen molar-refractivity contribution in [1.29, 1.82) is 0 Å². The Bertz CT molecular complexity index is 1140. The van der Waals surface area contributed by atoms with Crippen LogP contribution in [0.3, 0.4) is 0 Å². The van der Waals surface area contributed by atoms with Crippen LogP contribution in [0.4, 0.5) is 21.6 Å². The minimum Gasteiger partial charge on any atom is -0.396 e. The summed E-state index contributed by atoms with van der Waals surface area (Å²) in [6, 6.07) is 5.93. The fourth-order valence-corrected chi connectivity index (χ4v) is 5.74. The number of aromatic nitrogens is 1. The molecule has 1 aromatic heterocycles. The summed E-state index contributed by atoms with van der Waals surface area (Å²) in [5.41, 5.74) is 0.190. The lowest BCUT2D eigenvalue weighted by atomic mass is 10.0. The number of aliphatic hydroxyl groups excluding tert-OH is 2. The molecule has 0 unspecified atom stereocenters. The minimum atomic E-state index is -3.92. The average Bonchev–Trinajstić information content (AvgIpc) is 3.50. The lowest BCUT2D eigenvalue weighted by Gasteiger charge is -2.24. The van der Waals surface area contributed by atoms with Crippen molar-refractivity contribution in [2.75, 3.05) is 23.3 Å². The van der Waals surface area contributed by atoms with E-state index < -0.39 is 26.5 Å². The Hall–Kier alpha value is -1.70. The van der Waals surface area contributed by atoms with Gasteiger partial charge in [0.05, 0.1) is 16.1 Å². The van der Waals surface area contributed by atoms with Gasteiger partial charge < -0.3 is 15.5 Å². The summed E-state index contributed by atoms with van der Waals surface area (Å²) in [6.07, 6.45) is 0.921. The van der Waals surface area contributed by atoms with Gasteiger partial charge in [-0.15, -0.1) is 0 Å². The highest BCUT2D eigenvalue weighted by atomic mass is 127.